The first-order chi connectivity index (χ1) is 8.20. The highest BCUT2D eigenvalue weighted by molar-refractivity contribution is 5.94. The van der Waals surface area contributed by atoms with Gasteiger partial charge in [0.2, 0.25) is 0 Å². The van der Waals surface area contributed by atoms with Crippen molar-refractivity contribution in [2.24, 2.45) is 0 Å². The molecular formula is C13H18ClFN2O. The molecule has 1 saturated heterocycles. The van der Waals surface area contributed by atoms with Crippen molar-refractivity contribution in [3.05, 3.63) is 35.6 Å². The van der Waals surface area contributed by atoms with Gasteiger partial charge in [-0.3, -0.25) is 4.79 Å². The van der Waals surface area contributed by atoms with Gasteiger partial charge in [0.1, 0.15) is 5.82 Å². The fourth-order valence-corrected chi connectivity index (χ4v) is 2.17. The first kappa shape index (κ1) is 14.9. The largest absolute Gasteiger partial charge is 0.337 e. The van der Waals surface area contributed by atoms with Crippen molar-refractivity contribution in [2.45, 2.75) is 18.9 Å². The van der Waals surface area contributed by atoms with Crippen LogP contribution in [0, 0.1) is 5.82 Å². The molecule has 0 aliphatic carbocycles. The highest BCUT2D eigenvalue weighted by Gasteiger charge is 2.23. The molecule has 1 N–H and O–H groups in total. The third-order valence-corrected chi connectivity index (χ3v) is 3.21. The molecule has 0 unspecified atom stereocenters. The quantitative estimate of drug-likeness (QED) is 0.894. The van der Waals surface area contributed by atoms with Crippen LogP contribution in [0.5, 0.6) is 0 Å². The summed E-state index contributed by atoms with van der Waals surface area (Å²) in [4.78, 5) is 14.0. The maximum Gasteiger partial charge on any atom is 0.253 e. The van der Waals surface area contributed by atoms with Crippen molar-refractivity contribution in [3.8, 4) is 0 Å². The van der Waals surface area contributed by atoms with Crippen molar-refractivity contribution in [2.75, 3.05) is 20.1 Å². The minimum atomic E-state index is -0.312. The van der Waals surface area contributed by atoms with Gasteiger partial charge in [0.25, 0.3) is 5.91 Å². The second kappa shape index (κ2) is 6.71. The van der Waals surface area contributed by atoms with Crippen LogP contribution in [0.4, 0.5) is 4.39 Å². The average molecular weight is 273 g/mol. The van der Waals surface area contributed by atoms with Crippen LogP contribution in [0.1, 0.15) is 23.2 Å². The van der Waals surface area contributed by atoms with Gasteiger partial charge in [-0.05, 0) is 44.2 Å². The number of amides is 1. The van der Waals surface area contributed by atoms with Crippen molar-refractivity contribution in [1.29, 1.82) is 0 Å². The summed E-state index contributed by atoms with van der Waals surface area (Å²) in [7, 11) is 1.91. The van der Waals surface area contributed by atoms with E-state index in [1.54, 1.807) is 12.1 Å². The summed E-state index contributed by atoms with van der Waals surface area (Å²) >= 11 is 0. The Balaban J connectivity index is 0.00000162. The third kappa shape index (κ3) is 3.43. The minimum Gasteiger partial charge on any atom is -0.337 e. The van der Waals surface area contributed by atoms with Crippen LogP contribution in [-0.2, 0) is 0 Å². The summed E-state index contributed by atoms with van der Waals surface area (Å²) in [5.74, 6) is -0.321. The number of piperidine rings is 1. The fourth-order valence-electron chi connectivity index (χ4n) is 2.17. The van der Waals surface area contributed by atoms with E-state index in [0.717, 1.165) is 25.9 Å². The lowest BCUT2D eigenvalue weighted by molar-refractivity contribution is 0.0698. The summed E-state index contributed by atoms with van der Waals surface area (Å²) < 4.78 is 12.8. The predicted molar refractivity (Wildman–Crippen MR) is 71.6 cm³/mol. The summed E-state index contributed by atoms with van der Waals surface area (Å²) in [6.45, 7) is 1.51. The normalized spacial score (nSPS) is 19.2. The van der Waals surface area contributed by atoms with Crippen LogP contribution in [0.3, 0.4) is 0 Å². The molecule has 0 bridgehead atoms. The molecule has 1 heterocycles. The Bertz CT molecular complexity index is 396. The number of halogens is 2. The number of carbonyl (C=O) groups excluding carboxylic acids is 1. The minimum absolute atomic E-state index is 0. The number of likely N-dealkylation sites (N-methyl/N-ethyl adjacent to an activating group) is 1. The average Bonchev–Trinajstić information content (AvgIpc) is 2.39. The van der Waals surface area contributed by atoms with E-state index in [1.807, 2.05) is 11.9 Å². The summed E-state index contributed by atoms with van der Waals surface area (Å²) in [5.41, 5.74) is 0.558. The highest BCUT2D eigenvalue weighted by atomic mass is 35.5. The van der Waals surface area contributed by atoms with Gasteiger partial charge in [-0.1, -0.05) is 0 Å². The second-order valence-electron chi connectivity index (χ2n) is 4.39. The molecule has 1 aromatic carbocycles. The summed E-state index contributed by atoms with van der Waals surface area (Å²) in [6.07, 6.45) is 2.11. The van der Waals surface area contributed by atoms with E-state index >= 15 is 0 Å². The molecule has 100 valence electrons. The Morgan fingerprint density at radius 3 is 2.67 bits per heavy atom. The third-order valence-electron chi connectivity index (χ3n) is 3.21. The SMILES string of the molecule is CN[C@@H]1CCCN(C(=O)c2ccc(F)cc2)C1.Cl. The monoisotopic (exact) mass is 272 g/mol. The lowest BCUT2D eigenvalue weighted by atomic mass is 10.0. The number of nitrogens with zero attached hydrogens (tertiary/aromatic N) is 1. The molecule has 3 nitrogen and oxygen atoms in total. The van der Waals surface area contributed by atoms with Gasteiger partial charge >= 0.3 is 0 Å². The van der Waals surface area contributed by atoms with Gasteiger partial charge in [0.15, 0.2) is 0 Å². The van der Waals surface area contributed by atoms with Crippen LogP contribution in [0.2, 0.25) is 0 Å². The van der Waals surface area contributed by atoms with Gasteiger partial charge in [-0.2, -0.15) is 0 Å². The number of carbonyl (C=O) groups is 1. The van der Waals surface area contributed by atoms with Crippen LogP contribution < -0.4 is 5.32 Å². The zero-order valence-electron chi connectivity index (χ0n) is 10.4. The Morgan fingerprint density at radius 1 is 1.39 bits per heavy atom. The zero-order chi connectivity index (χ0) is 12.3. The lowest BCUT2D eigenvalue weighted by Crippen LogP contribution is -2.46. The molecule has 18 heavy (non-hydrogen) atoms. The first-order valence-electron chi connectivity index (χ1n) is 5.93. The van der Waals surface area contributed by atoms with Gasteiger partial charge in [-0.25, -0.2) is 4.39 Å². The van der Waals surface area contributed by atoms with E-state index in [0.29, 0.717) is 11.6 Å². The van der Waals surface area contributed by atoms with E-state index < -0.39 is 0 Å². The van der Waals surface area contributed by atoms with Gasteiger partial charge in [0, 0.05) is 24.7 Å². The summed E-state index contributed by atoms with van der Waals surface area (Å²) in [6, 6.07) is 6.11. The van der Waals surface area contributed by atoms with E-state index in [1.165, 1.54) is 12.1 Å². The fraction of sp³-hybridized carbons (Fsp3) is 0.462. The maximum absolute atomic E-state index is 12.8. The molecule has 0 saturated carbocycles. The van der Waals surface area contributed by atoms with Crippen LogP contribution in [-0.4, -0.2) is 37.0 Å². The van der Waals surface area contributed by atoms with Crippen LogP contribution in [0.25, 0.3) is 0 Å². The van der Waals surface area contributed by atoms with Gasteiger partial charge in [-0.15, -0.1) is 12.4 Å². The van der Waals surface area contributed by atoms with Crippen LogP contribution in [0.15, 0.2) is 24.3 Å². The van der Waals surface area contributed by atoms with Crippen LogP contribution >= 0.6 is 12.4 Å². The molecule has 0 aromatic heterocycles. The first-order valence-corrected chi connectivity index (χ1v) is 5.93. The number of benzene rings is 1. The van der Waals surface area contributed by atoms with E-state index in [2.05, 4.69) is 5.32 Å². The summed E-state index contributed by atoms with van der Waals surface area (Å²) in [5, 5.41) is 3.20. The molecule has 5 heteroatoms. The molecule has 2 rings (SSSR count). The van der Waals surface area contributed by atoms with Gasteiger partial charge < -0.3 is 10.2 Å². The topological polar surface area (TPSA) is 32.3 Å². The Labute approximate surface area is 113 Å². The number of hydrogen-bond donors (Lipinski definition) is 1. The molecule has 1 aliphatic heterocycles. The number of hydrogen-bond acceptors (Lipinski definition) is 2. The Morgan fingerprint density at radius 2 is 2.06 bits per heavy atom. The van der Waals surface area contributed by atoms with Crippen molar-refractivity contribution < 1.29 is 9.18 Å². The van der Waals surface area contributed by atoms with E-state index in [4.69, 9.17) is 0 Å². The molecular weight excluding hydrogens is 255 g/mol. The van der Waals surface area contributed by atoms with Crippen molar-refractivity contribution in [3.63, 3.8) is 0 Å². The molecule has 1 atom stereocenters. The Hall–Kier alpha value is -1.13. The van der Waals surface area contributed by atoms with E-state index in [-0.39, 0.29) is 24.1 Å². The molecule has 1 amide bonds. The van der Waals surface area contributed by atoms with Gasteiger partial charge in [0.05, 0.1) is 0 Å². The van der Waals surface area contributed by atoms with Crippen molar-refractivity contribution >= 4 is 18.3 Å². The highest BCUT2D eigenvalue weighted by Crippen LogP contribution is 2.14. The molecule has 0 spiro atoms. The Kier molecular flexibility index (Phi) is 5.56. The van der Waals surface area contributed by atoms with Crippen molar-refractivity contribution in [1.82, 2.24) is 10.2 Å². The smallest absolute Gasteiger partial charge is 0.253 e. The second-order valence-corrected chi connectivity index (χ2v) is 4.39. The molecule has 1 aliphatic rings. The standard InChI is InChI=1S/C13H17FN2O.ClH/c1-15-12-3-2-8-16(9-12)13(17)10-4-6-11(14)7-5-10;/h4-7,12,15H,2-3,8-9H2,1H3;1H/t12-;/m1./s1. The van der Waals surface area contributed by atoms with E-state index in [9.17, 15) is 9.18 Å². The number of likely N-dealkylation sites (tertiary alicyclic amines) is 1. The number of rotatable bonds is 2. The number of nitrogens with one attached hydrogen (secondary N) is 1. The molecule has 0 radical (unpaired) electrons. The maximum atomic E-state index is 12.8. The predicted octanol–water partition coefficient (Wildman–Crippen LogP) is 2.07. The molecule has 1 aromatic rings. The zero-order valence-corrected chi connectivity index (χ0v) is 11.2. The lowest BCUT2D eigenvalue weighted by Gasteiger charge is -2.32. The molecule has 1 fully saturated rings.